The summed E-state index contributed by atoms with van der Waals surface area (Å²) in [6.45, 7) is 15.9. The maximum absolute atomic E-state index is 11.6. The predicted octanol–water partition coefficient (Wildman–Crippen LogP) is 1.02. The number of amides is 1. The largest absolute Gasteiger partial charge is 0.339 e. The molecule has 1 amide bonds. The summed E-state index contributed by atoms with van der Waals surface area (Å²) in [6, 6.07) is 0. The lowest BCUT2D eigenvalue weighted by Gasteiger charge is -2.19. The van der Waals surface area contributed by atoms with Crippen LogP contribution in [-0.2, 0) is 4.79 Å². The minimum absolute atomic E-state index is 0.207. The second-order valence-corrected chi connectivity index (χ2v) is 4.63. The zero-order valence-electron chi connectivity index (χ0n) is 13.5. The number of hydrogen-bond donors (Lipinski definition) is 2. The minimum Gasteiger partial charge on any atom is -0.339 e. The van der Waals surface area contributed by atoms with Crippen LogP contribution in [0.1, 0.15) is 34.1 Å². The van der Waals surface area contributed by atoms with Gasteiger partial charge in [0.15, 0.2) is 0 Å². The maximum Gasteiger partial charge on any atom is 0.233 e. The fourth-order valence-electron chi connectivity index (χ4n) is 1.95. The SMILES string of the molecule is C=CC/[N+](=C\NCCN(CC)C(=O)CC)C(C)NCC. The Kier molecular flexibility index (Phi) is 10.7. The van der Waals surface area contributed by atoms with Gasteiger partial charge >= 0.3 is 0 Å². The van der Waals surface area contributed by atoms with Crippen LogP contribution in [0, 0.1) is 0 Å². The Labute approximate surface area is 123 Å². The van der Waals surface area contributed by atoms with Crippen molar-refractivity contribution in [3.05, 3.63) is 12.7 Å². The average molecular weight is 283 g/mol. The van der Waals surface area contributed by atoms with Gasteiger partial charge in [-0.05, 0) is 20.4 Å². The van der Waals surface area contributed by atoms with E-state index in [2.05, 4.69) is 35.6 Å². The molecule has 0 heterocycles. The number of carbonyl (C=O) groups excluding carboxylic acids is 1. The summed E-state index contributed by atoms with van der Waals surface area (Å²) in [6.07, 6.45) is 4.67. The van der Waals surface area contributed by atoms with Crippen LogP contribution in [0.5, 0.6) is 0 Å². The van der Waals surface area contributed by atoms with Gasteiger partial charge in [-0.15, -0.1) is 0 Å². The van der Waals surface area contributed by atoms with Gasteiger partial charge in [-0.2, -0.15) is 0 Å². The van der Waals surface area contributed by atoms with Crippen molar-refractivity contribution in [2.24, 2.45) is 0 Å². The second kappa shape index (κ2) is 11.5. The van der Waals surface area contributed by atoms with Crippen LogP contribution in [0.3, 0.4) is 0 Å². The van der Waals surface area contributed by atoms with E-state index in [4.69, 9.17) is 0 Å². The molecule has 0 spiro atoms. The molecular formula is C15H31N4O+. The van der Waals surface area contributed by atoms with E-state index < -0.39 is 0 Å². The Bertz CT molecular complexity index is 315. The highest BCUT2D eigenvalue weighted by molar-refractivity contribution is 5.75. The molecule has 0 aromatic carbocycles. The van der Waals surface area contributed by atoms with Crippen molar-refractivity contribution in [1.29, 1.82) is 0 Å². The van der Waals surface area contributed by atoms with E-state index in [1.54, 1.807) is 0 Å². The van der Waals surface area contributed by atoms with Gasteiger partial charge in [-0.25, -0.2) is 4.58 Å². The third-order valence-corrected chi connectivity index (χ3v) is 3.16. The smallest absolute Gasteiger partial charge is 0.233 e. The van der Waals surface area contributed by atoms with Crippen LogP contribution in [0.15, 0.2) is 12.7 Å². The molecule has 0 rings (SSSR count). The van der Waals surface area contributed by atoms with E-state index >= 15 is 0 Å². The van der Waals surface area contributed by atoms with Crippen molar-refractivity contribution in [3.8, 4) is 0 Å². The van der Waals surface area contributed by atoms with E-state index in [-0.39, 0.29) is 12.1 Å². The fraction of sp³-hybridized carbons (Fsp3) is 0.733. The number of rotatable bonds is 11. The Morgan fingerprint density at radius 3 is 2.60 bits per heavy atom. The van der Waals surface area contributed by atoms with Gasteiger partial charge in [0, 0.05) is 13.0 Å². The Hall–Kier alpha value is -1.36. The molecule has 0 fully saturated rings. The standard InChI is InChI=1S/C15H30N4O/c1-6-11-19(14(5)17-8-3)13-16-10-12-18(9-4)15(20)7-2/h6,13-14,17H,1,7-12H2,2-5H3/p+1. The molecule has 0 radical (unpaired) electrons. The number of nitrogens with one attached hydrogen (secondary N) is 2. The molecule has 0 saturated heterocycles. The molecule has 0 aromatic heterocycles. The summed E-state index contributed by atoms with van der Waals surface area (Å²) in [5.41, 5.74) is 0. The summed E-state index contributed by atoms with van der Waals surface area (Å²) < 4.78 is 2.15. The van der Waals surface area contributed by atoms with Gasteiger partial charge in [-0.3, -0.25) is 15.4 Å². The lowest BCUT2D eigenvalue weighted by molar-refractivity contribution is -0.556. The molecule has 0 saturated carbocycles. The van der Waals surface area contributed by atoms with Gasteiger partial charge in [0.1, 0.15) is 12.7 Å². The van der Waals surface area contributed by atoms with E-state index in [0.29, 0.717) is 6.42 Å². The quantitative estimate of drug-likeness (QED) is 0.149. The predicted molar refractivity (Wildman–Crippen MR) is 85.1 cm³/mol. The zero-order chi connectivity index (χ0) is 15.4. The molecule has 5 nitrogen and oxygen atoms in total. The van der Waals surface area contributed by atoms with Gasteiger partial charge in [0.2, 0.25) is 12.2 Å². The summed E-state index contributed by atoms with van der Waals surface area (Å²) in [5, 5.41) is 6.63. The maximum atomic E-state index is 11.6. The van der Waals surface area contributed by atoms with Crippen molar-refractivity contribution in [2.45, 2.75) is 40.3 Å². The lowest BCUT2D eigenvalue weighted by Crippen LogP contribution is -2.42. The highest BCUT2D eigenvalue weighted by Gasteiger charge is 2.10. The third-order valence-electron chi connectivity index (χ3n) is 3.16. The van der Waals surface area contributed by atoms with Crippen molar-refractivity contribution < 1.29 is 9.37 Å². The Balaban J connectivity index is 4.28. The van der Waals surface area contributed by atoms with Crippen LogP contribution in [0.2, 0.25) is 0 Å². The van der Waals surface area contributed by atoms with Gasteiger partial charge in [0.05, 0.1) is 13.1 Å². The van der Waals surface area contributed by atoms with Gasteiger partial charge in [0.25, 0.3) is 0 Å². The molecule has 20 heavy (non-hydrogen) atoms. The van der Waals surface area contributed by atoms with Crippen LogP contribution < -0.4 is 10.6 Å². The molecule has 116 valence electrons. The monoisotopic (exact) mass is 283 g/mol. The van der Waals surface area contributed by atoms with Crippen molar-refractivity contribution >= 4 is 12.2 Å². The van der Waals surface area contributed by atoms with Crippen LogP contribution in [-0.4, -0.2) is 60.6 Å². The molecule has 1 unspecified atom stereocenters. The fourth-order valence-corrected chi connectivity index (χ4v) is 1.95. The molecule has 0 aliphatic heterocycles. The zero-order valence-corrected chi connectivity index (χ0v) is 13.5. The molecule has 1 atom stereocenters. The van der Waals surface area contributed by atoms with Crippen LogP contribution in [0.4, 0.5) is 0 Å². The summed E-state index contributed by atoms with van der Waals surface area (Å²) in [4.78, 5) is 13.5. The first-order valence-corrected chi connectivity index (χ1v) is 7.55. The van der Waals surface area contributed by atoms with Crippen LogP contribution in [0.25, 0.3) is 0 Å². The van der Waals surface area contributed by atoms with Crippen molar-refractivity contribution in [1.82, 2.24) is 15.5 Å². The van der Waals surface area contributed by atoms with Crippen molar-refractivity contribution in [2.75, 3.05) is 32.7 Å². The first kappa shape index (κ1) is 18.6. The highest BCUT2D eigenvalue weighted by Crippen LogP contribution is 1.92. The lowest BCUT2D eigenvalue weighted by atomic mass is 10.4. The van der Waals surface area contributed by atoms with E-state index in [1.165, 1.54) is 0 Å². The number of likely N-dealkylation sites (N-methyl/N-ethyl adjacent to an activating group) is 1. The topological polar surface area (TPSA) is 47.4 Å². The molecule has 0 aliphatic carbocycles. The summed E-state index contributed by atoms with van der Waals surface area (Å²) >= 11 is 0. The van der Waals surface area contributed by atoms with E-state index in [1.807, 2.05) is 31.2 Å². The first-order valence-electron chi connectivity index (χ1n) is 7.55. The molecule has 2 N–H and O–H groups in total. The number of hydrogen-bond acceptors (Lipinski definition) is 2. The Morgan fingerprint density at radius 2 is 2.10 bits per heavy atom. The third kappa shape index (κ3) is 7.28. The van der Waals surface area contributed by atoms with Crippen LogP contribution >= 0.6 is 0 Å². The van der Waals surface area contributed by atoms with Gasteiger partial charge in [-0.1, -0.05) is 26.5 Å². The minimum atomic E-state index is 0.207. The normalized spacial score (nSPS) is 12.9. The molecule has 5 heteroatoms. The number of carbonyl (C=O) groups is 1. The molecule has 0 aromatic rings. The highest BCUT2D eigenvalue weighted by atomic mass is 16.2. The van der Waals surface area contributed by atoms with Gasteiger partial charge < -0.3 is 4.90 Å². The van der Waals surface area contributed by atoms with E-state index in [0.717, 1.165) is 32.7 Å². The molecule has 0 aliphatic rings. The average Bonchev–Trinajstić information content (AvgIpc) is 2.45. The summed E-state index contributed by atoms with van der Waals surface area (Å²) in [5.74, 6) is 0.207. The first-order chi connectivity index (χ1) is 9.60. The summed E-state index contributed by atoms with van der Waals surface area (Å²) in [7, 11) is 0. The molecule has 0 bridgehead atoms. The van der Waals surface area contributed by atoms with Crippen molar-refractivity contribution in [3.63, 3.8) is 0 Å². The number of nitrogens with zero attached hydrogens (tertiary/aromatic N) is 2. The van der Waals surface area contributed by atoms with E-state index in [9.17, 15) is 4.79 Å². The molecular weight excluding hydrogens is 252 g/mol. The Morgan fingerprint density at radius 1 is 1.40 bits per heavy atom. The second-order valence-electron chi connectivity index (χ2n) is 4.63.